The maximum atomic E-state index is 13.0. The topological polar surface area (TPSA) is 71.4 Å². The molecule has 2 N–H and O–H groups in total. The molecule has 0 atom stereocenters. The molecule has 6 nitrogen and oxygen atoms in total. The van der Waals surface area contributed by atoms with Crippen LogP contribution in [0.1, 0.15) is 21.1 Å². The summed E-state index contributed by atoms with van der Waals surface area (Å²) in [6, 6.07) is 9.56. The van der Waals surface area contributed by atoms with Gasteiger partial charge in [0, 0.05) is 30.7 Å². The minimum absolute atomic E-state index is 0. The molecule has 0 aliphatic rings. The molecule has 9 heteroatoms. The third kappa shape index (κ3) is 6.93. The Labute approximate surface area is 190 Å². The molecule has 154 valence electrons. The van der Waals surface area contributed by atoms with Crippen molar-refractivity contribution in [1.29, 1.82) is 0 Å². The van der Waals surface area contributed by atoms with Crippen molar-refractivity contribution in [1.82, 2.24) is 20.6 Å². The van der Waals surface area contributed by atoms with Gasteiger partial charge >= 0.3 is 0 Å². The van der Waals surface area contributed by atoms with Crippen LogP contribution in [-0.4, -0.2) is 23.0 Å². The van der Waals surface area contributed by atoms with Crippen molar-refractivity contribution >= 4 is 41.3 Å². The molecule has 0 fully saturated rings. The van der Waals surface area contributed by atoms with Crippen molar-refractivity contribution in [2.45, 2.75) is 26.9 Å². The van der Waals surface area contributed by atoms with E-state index < -0.39 is 0 Å². The van der Waals surface area contributed by atoms with Crippen molar-refractivity contribution in [3.8, 4) is 11.6 Å². The van der Waals surface area contributed by atoms with Crippen LogP contribution in [-0.2, 0) is 13.1 Å². The van der Waals surface area contributed by atoms with E-state index in [4.69, 9.17) is 4.74 Å². The van der Waals surface area contributed by atoms with Crippen LogP contribution in [0, 0.1) is 19.7 Å². The van der Waals surface area contributed by atoms with Crippen LogP contribution in [0.4, 0.5) is 4.39 Å². The zero-order valence-corrected chi connectivity index (χ0v) is 19.5. The molecule has 29 heavy (non-hydrogen) atoms. The first kappa shape index (κ1) is 23.0. The lowest BCUT2D eigenvalue weighted by molar-refractivity contribution is 0.460. The van der Waals surface area contributed by atoms with Gasteiger partial charge in [0.1, 0.15) is 11.6 Å². The quantitative estimate of drug-likeness (QED) is 0.279. The van der Waals surface area contributed by atoms with Crippen molar-refractivity contribution in [3.63, 3.8) is 0 Å². The highest BCUT2D eigenvalue weighted by atomic mass is 127. The Morgan fingerprint density at radius 1 is 1.14 bits per heavy atom. The monoisotopic (exact) mass is 527 g/mol. The summed E-state index contributed by atoms with van der Waals surface area (Å²) in [5.41, 5.74) is 2.03. The molecule has 0 saturated carbocycles. The lowest BCUT2D eigenvalue weighted by Gasteiger charge is -2.12. The van der Waals surface area contributed by atoms with Crippen LogP contribution in [0.2, 0.25) is 0 Å². The molecule has 3 rings (SSSR count). The first-order chi connectivity index (χ1) is 13.5. The van der Waals surface area contributed by atoms with Gasteiger partial charge in [0.2, 0.25) is 5.88 Å². The van der Waals surface area contributed by atoms with Gasteiger partial charge in [-0.15, -0.1) is 35.3 Å². The van der Waals surface area contributed by atoms with Crippen LogP contribution in [0.3, 0.4) is 0 Å². The second-order valence-corrected chi connectivity index (χ2v) is 7.37. The summed E-state index contributed by atoms with van der Waals surface area (Å²) in [4.78, 5) is 14.1. The lowest BCUT2D eigenvalue weighted by Crippen LogP contribution is -2.36. The van der Waals surface area contributed by atoms with Crippen molar-refractivity contribution in [3.05, 3.63) is 69.6 Å². The molecular formula is C20H23FIN5OS. The third-order valence-electron chi connectivity index (χ3n) is 3.93. The van der Waals surface area contributed by atoms with E-state index in [0.29, 0.717) is 30.7 Å². The first-order valence-corrected chi connectivity index (χ1v) is 9.61. The van der Waals surface area contributed by atoms with E-state index in [-0.39, 0.29) is 29.8 Å². The number of nitrogens with one attached hydrogen (secondary N) is 2. The van der Waals surface area contributed by atoms with E-state index in [9.17, 15) is 4.39 Å². The van der Waals surface area contributed by atoms with E-state index in [1.165, 1.54) is 17.0 Å². The first-order valence-electron chi connectivity index (χ1n) is 8.79. The number of rotatable bonds is 6. The van der Waals surface area contributed by atoms with Crippen LogP contribution < -0.4 is 15.4 Å². The molecule has 1 aromatic carbocycles. The molecule has 0 aliphatic heterocycles. The number of benzene rings is 1. The number of hydrogen-bond donors (Lipinski definition) is 2. The molecule has 0 aliphatic carbocycles. The number of hydrogen-bond acceptors (Lipinski definition) is 5. The Balaban J connectivity index is 0.00000300. The van der Waals surface area contributed by atoms with Crippen LogP contribution in [0.25, 0.3) is 0 Å². The number of halogens is 2. The molecule has 0 bridgehead atoms. The molecule has 0 amide bonds. The number of nitrogens with zero attached hydrogens (tertiary/aromatic N) is 3. The van der Waals surface area contributed by atoms with E-state index in [2.05, 4.69) is 25.6 Å². The van der Waals surface area contributed by atoms with Gasteiger partial charge in [0.15, 0.2) is 5.96 Å². The summed E-state index contributed by atoms with van der Waals surface area (Å²) in [7, 11) is 1.73. The number of pyridine rings is 1. The Hall–Kier alpha value is -2.27. The molecule has 2 aromatic heterocycles. The van der Waals surface area contributed by atoms with Gasteiger partial charge in [0.05, 0.1) is 17.2 Å². The zero-order chi connectivity index (χ0) is 19.9. The van der Waals surface area contributed by atoms with E-state index in [1.807, 2.05) is 26.0 Å². The summed E-state index contributed by atoms with van der Waals surface area (Å²) < 4.78 is 18.7. The fourth-order valence-electron chi connectivity index (χ4n) is 2.55. The average molecular weight is 527 g/mol. The number of aliphatic imine (C=N–C) groups is 1. The predicted molar refractivity (Wildman–Crippen MR) is 125 cm³/mol. The summed E-state index contributed by atoms with van der Waals surface area (Å²) in [5.74, 6) is 1.38. The highest BCUT2D eigenvalue weighted by Crippen LogP contribution is 2.20. The average Bonchev–Trinajstić information content (AvgIpc) is 3.01. The summed E-state index contributed by atoms with van der Waals surface area (Å²) >= 11 is 1.68. The predicted octanol–water partition coefficient (Wildman–Crippen LogP) is 4.57. The minimum atomic E-state index is -0.305. The third-order valence-corrected chi connectivity index (χ3v) is 5.01. The van der Waals surface area contributed by atoms with Gasteiger partial charge in [-0.3, -0.25) is 4.99 Å². The number of ether oxygens (including phenoxy) is 1. The summed E-state index contributed by atoms with van der Waals surface area (Å²) in [6.07, 6.45) is 1.68. The van der Waals surface area contributed by atoms with Gasteiger partial charge < -0.3 is 15.4 Å². The normalized spacial score (nSPS) is 11.0. The van der Waals surface area contributed by atoms with Gasteiger partial charge in [-0.25, -0.2) is 14.4 Å². The van der Waals surface area contributed by atoms with Crippen LogP contribution in [0.5, 0.6) is 11.6 Å². The molecular weight excluding hydrogens is 504 g/mol. The zero-order valence-electron chi connectivity index (χ0n) is 16.4. The number of guanidine groups is 1. The van der Waals surface area contributed by atoms with Gasteiger partial charge in [-0.1, -0.05) is 0 Å². The smallest absolute Gasteiger partial charge is 0.219 e. The van der Waals surface area contributed by atoms with Gasteiger partial charge in [0.25, 0.3) is 0 Å². The summed E-state index contributed by atoms with van der Waals surface area (Å²) in [5, 5.41) is 7.63. The van der Waals surface area contributed by atoms with Crippen LogP contribution >= 0.6 is 35.3 Å². The lowest BCUT2D eigenvalue weighted by atomic mass is 10.2. The molecule has 0 unspecified atom stereocenters. The van der Waals surface area contributed by atoms with Crippen molar-refractivity contribution in [2.24, 2.45) is 4.99 Å². The molecule has 0 radical (unpaired) electrons. The second-order valence-electron chi connectivity index (χ2n) is 6.08. The molecule has 2 heterocycles. The Kier molecular flexibility index (Phi) is 8.77. The number of aromatic nitrogens is 2. The number of aryl methyl sites for hydroxylation is 2. The maximum absolute atomic E-state index is 13.0. The Bertz CT molecular complexity index is 962. The Morgan fingerprint density at radius 2 is 1.86 bits per heavy atom. The highest BCUT2D eigenvalue weighted by Gasteiger charge is 2.06. The summed E-state index contributed by atoms with van der Waals surface area (Å²) in [6.45, 7) is 5.24. The molecule has 3 aromatic rings. The Morgan fingerprint density at radius 3 is 2.52 bits per heavy atom. The largest absolute Gasteiger partial charge is 0.439 e. The fraction of sp³-hybridized carbons (Fsp3) is 0.250. The molecule has 0 spiro atoms. The number of thiazole rings is 1. The van der Waals surface area contributed by atoms with Crippen LogP contribution in [0.15, 0.2) is 47.6 Å². The maximum Gasteiger partial charge on any atom is 0.219 e. The van der Waals surface area contributed by atoms with Crippen molar-refractivity contribution in [2.75, 3.05) is 7.05 Å². The minimum Gasteiger partial charge on any atom is -0.439 e. The highest BCUT2D eigenvalue weighted by molar-refractivity contribution is 14.0. The second kappa shape index (κ2) is 11.1. The standard InChI is InChI=1S/C20H22FN5OS.HI/c1-13-18(28-14(2)26-13)12-25-20(22-3)24-11-15-8-9-23-19(10-15)27-17-6-4-16(21)5-7-17;/h4-10H,11-12H2,1-3H3,(H2,22,24,25);1H. The van der Waals surface area contributed by atoms with Gasteiger partial charge in [-0.05, 0) is 49.7 Å². The van der Waals surface area contributed by atoms with Crippen molar-refractivity contribution < 1.29 is 9.13 Å². The fourth-order valence-corrected chi connectivity index (χ4v) is 3.42. The van der Waals surface area contributed by atoms with E-state index >= 15 is 0 Å². The molecule has 0 saturated heterocycles. The van der Waals surface area contributed by atoms with E-state index in [1.54, 1.807) is 36.7 Å². The SMILES string of the molecule is CN=C(NCc1ccnc(Oc2ccc(F)cc2)c1)NCc1sc(C)nc1C.I. The van der Waals surface area contributed by atoms with Gasteiger partial charge in [-0.2, -0.15) is 0 Å². The van der Waals surface area contributed by atoms with E-state index in [0.717, 1.165) is 16.3 Å².